The van der Waals surface area contributed by atoms with Crippen molar-refractivity contribution in [2.45, 2.75) is 6.92 Å². The van der Waals surface area contributed by atoms with Gasteiger partial charge in [0, 0.05) is 6.21 Å². The van der Waals surface area contributed by atoms with Gasteiger partial charge in [-0.25, -0.2) is 9.66 Å². The fourth-order valence-corrected chi connectivity index (χ4v) is 1.03. The minimum atomic E-state index is -0.663. The van der Waals surface area contributed by atoms with Gasteiger partial charge in [-0.3, -0.25) is 4.79 Å². The van der Waals surface area contributed by atoms with E-state index in [9.17, 15) is 4.79 Å². The summed E-state index contributed by atoms with van der Waals surface area (Å²) < 4.78 is 1.28. The number of aryl methyl sites for hydroxylation is 1. The molecule has 6 nitrogen and oxygen atoms in total. The molecule has 0 aliphatic heterocycles. The number of primary amides is 1. The van der Waals surface area contributed by atoms with Crippen molar-refractivity contribution in [3.05, 3.63) is 24.2 Å². The molecule has 0 unspecified atom stereocenters. The highest BCUT2D eigenvalue weighted by Gasteiger charge is 2.16. The third-order valence-corrected chi connectivity index (χ3v) is 1.56. The number of nitrogens with two attached hydrogens (primary N) is 2. The van der Waals surface area contributed by atoms with Crippen molar-refractivity contribution >= 4 is 17.9 Å². The van der Waals surface area contributed by atoms with Crippen molar-refractivity contribution in [2.24, 2.45) is 10.8 Å². The van der Waals surface area contributed by atoms with Gasteiger partial charge in [0.05, 0.1) is 0 Å². The summed E-state index contributed by atoms with van der Waals surface area (Å²) in [7, 11) is 0. The summed E-state index contributed by atoms with van der Waals surface area (Å²) in [6.45, 7) is 5.13. The van der Waals surface area contributed by atoms with E-state index in [1.807, 2.05) is 0 Å². The zero-order chi connectivity index (χ0) is 10.7. The van der Waals surface area contributed by atoms with E-state index in [-0.39, 0.29) is 11.5 Å². The Bertz CT molecular complexity index is 404. The molecule has 4 N–H and O–H groups in total. The Labute approximate surface area is 80.9 Å². The van der Waals surface area contributed by atoms with E-state index >= 15 is 0 Å². The normalized spacial score (nSPS) is 10.6. The number of amides is 1. The maximum absolute atomic E-state index is 11.0. The molecule has 1 rings (SSSR count). The molecule has 0 aliphatic carbocycles. The van der Waals surface area contributed by atoms with Crippen LogP contribution in [-0.4, -0.2) is 21.8 Å². The Morgan fingerprint density at radius 3 is 2.86 bits per heavy atom. The molecule has 0 aromatic carbocycles. The van der Waals surface area contributed by atoms with Crippen molar-refractivity contribution in [3.8, 4) is 0 Å². The molecule has 0 radical (unpaired) electrons. The number of carbonyl (C=O) groups is 1. The fourth-order valence-electron chi connectivity index (χ4n) is 1.03. The Kier molecular flexibility index (Phi) is 2.66. The van der Waals surface area contributed by atoms with Crippen molar-refractivity contribution in [1.29, 1.82) is 0 Å². The number of hydrogen-bond acceptors (Lipinski definition) is 4. The van der Waals surface area contributed by atoms with E-state index in [2.05, 4.69) is 16.7 Å². The lowest BCUT2D eigenvalue weighted by Gasteiger charge is -1.99. The Hall–Kier alpha value is -2.11. The van der Waals surface area contributed by atoms with Gasteiger partial charge >= 0.3 is 0 Å². The van der Waals surface area contributed by atoms with Crippen molar-refractivity contribution in [3.63, 3.8) is 0 Å². The summed E-state index contributed by atoms with van der Waals surface area (Å²) in [6, 6.07) is 0. The number of aromatic nitrogens is 2. The molecule has 6 heteroatoms. The quantitative estimate of drug-likeness (QED) is 0.655. The molecule has 0 bridgehead atoms. The molecule has 0 atom stereocenters. The largest absolute Gasteiger partial charge is 0.382 e. The zero-order valence-electron chi connectivity index (χ0n) is 7.77. The first kappa shape index (κ1) is 9.97. The minimum Gasteiger partial charge on any atom is -0.382 e. The molecule has 1 amide bonds. The van der Waals surface area contributed by atoms with Crippen molar-refractivity contribution < 1.29 is 4.79 Å². The molecular formula is C8H11N5O. The van der Waals surface area contributed by atoms with Crippen LogP contribution in [0.4, 0.5) is 5.82 Å². The number of rotatable bonds is 3. The van der Waals surface area contributed by atoms with Crippen molar-refractivity contribution in [1.82, 2.24) is 9.66 Å². The van der Waals surface area contributed by atoms with E-state index < -0.39 is 5.91 Å². The summed E-state index contributed by atoms with van der Waals surface area (Å²) in [5, 5.41) is 3.90. The smallest absolute Gasteiger partial charge is 0.271 e. The van der Waals surface area contributed by atoms with E-state index in [0.29, 0.717) is 5.82 Å². The Morgan fingerprint density at radius 2 is 2.36 bits per heavy atom. The van der Waals surface area contributed by atoms with Crippen LogP contribution < -0.4 is 11.5 Å². The zero-order valence-corrected chi connectivity index (χ0v) is 7.77. The second-order valence-electron chi connectivity index (χ2n) is 2.57. The van der Waals surface area contributed by atoms with Crippen molar-refractivity contribution in [2.75, 3.05) is 5.73 Å². The predicted molar refractivity (Wildman–Crippen MR) is 54.0 cm³/mol. The average molecular weight is 193 g/mol. The third-order valence-electron chi connectivity index (χ3n) is 1.56. The predicted octanol–water partition coefficient (Wildman–Crippen LogP) is -0.107. The molecule has 0 saturated heterocycles. The summed E-state index contributed by atoms with van der Waals surface area (Å²) in [5.74, 6) is -0.0880. The lowest BCUT2D eigenvalue weighted by molar-refractivity contribution is 0.0993. The Morgan fingerprint density at radius 1 is 1.71 bits per heavy atom. The highest BCUT2D eigenvalue weighted by atomic mass is 16.1. The van der Waals surface area contributed by atoms with Gasteiger partial charge in [-0.2, -0.15) is 5.10 Å². The van der Waals surface area contributed by atoms with E-state index in [1.54, 1.807) is 6.92 Å². The standard InChI is InChI=1S/C8H11N5O/c1-3-4-11-13-5(2)12-7(9)6(13)8(10)14/h3-4H,1,9H2,2H3,(H2,10,14)/b11-4-. The maximum atomic E-state index is 11.0. The van der Waals surface area contributed by atoms with Crippen LogP contribution in [0.25, 0.3) is 0 Å². The van der Waals surface area contributed by atoms with Crippen LogP contribution in [-0.2, 0) is 0 Å². The van der Waals surface area contributed by atoms with Gasteiger partial charge in [0.25, 0.3) is 5.91 Å². The number of allylic oxidation sites excluding steroid dienone is 1. The van der Waals surface area contributed by atoms with E-state index in [4.69, 9.17) is 11.5 Å². The Balaban J connectivity index is 3.31. The van der Waals surface area contributed by atoms with Crippen LogP contribution in [0.2, 0.25) is 0 Å². The minimum absolute atomic E-state index is 0.0798. The number of nitrogen functional groups attached to an aromatic ring is 1. The van der Waals surface area contributed by atoms with Crippen LogP contribution in [0.1, 0.15) is 16.3 Å². The third kappa shape index (κ3) is 1.63. The first-order valence-corrected chi connectivity index (χ1v) is 3.88. The molecule has 0 fully saturated rings. The summed E-state index contributed by atoms with van der Waals surface area (Å²) >= 11 is 0. The van der Waals surface area contributed by atoms with Gasteiger partial charge in [-0.1, -0.05) is 6.58 Å². The first-order chi connectivity index (χ1) is 6.57. The lowest BCUT2D eigenvalue weighted by Crippen LogP contribution is -2.17. The number of imidazole rings is 1. The molecule has 1 aromatic heterocycles. The highest BCUT2D eigenvalue weighted by molar-refractivity contribution is 5.95. The van der Waals surface area contributed by atoms with Crippen LogP contribution in [0.15, 0.2) is 17.8 Å². The average Bonchev–Trinajstić information content (AvgIpc) is 2.37. The van der Waals surface area contributed by atoms with Gasteiger partial charge in [0.1, 0.15) is 5.82 Å². The maximum Gasteiger partial charge on any atom is 0.271 e. The highest BCUT2D eigenvalue weighted by Crippen LogP contribution is 2.12. The molecule has 1 aromatic rings. The second kappa shape index (κ2) is 3.73. The second-order valence-corrected chi connectivity index (χ2v) is 2.57. The first-order valence-electron chi connectivity index (χ1n) is 3.88. The van der Waals surface area contributed by atoms with Crippen LogP contribution in [0, 0.1) is 6.92 Å². The summed E-state index contributed by atoms with van der Waals surface area (Å²) in [5.41, 5.74) is 10.7. The molecule has 14 heavy (non-hydrogen) atoms. The molecule has 0 spiro atoms. The SMILES string of the molecule is C=C/C=N\n1c(C)nc(N)c1C(N)=O. The molecular weight excluding hydrogens is 182 g/mol. The lowest BCUT2D eigenvalue weighted by atomic mass is 10.4. The molecule has 0 saturated carbocycles. The van der Waals surface area contributed by atoms with Gasteiger partial charge < -0.3 is 11.5 Å². The van der Waals surface area contributed by atoms with E-state index in [0.717, 1.165) is 0 Å². The van der Waals surface area contributed by atoms with Gasteiger partial charge in [0.2, 0.25) is 0 Å². The fraction of sp³-hybridized carbons (Fsp3) is 0.125. The number of nitrogens with zero attached hydrogens (tertiary/aromatic N) is 3. The summed E-state index contributed by atoms with van der Waals surface area (Å²) in [6.07, 6.45) is 2.89. The van der Waals surface area contributed by atoms with Gasteiger partial charge in [0.15, 0.2) is 11.5 Å². The van der Waals surface area contributed by atoms with Crippen LogP contribution >= 0.6 is 0 Å². The van der Waals surface area contributed by atoms with Crippen LogP contribution in [0.5, 0.6) is 0 Å². The molecule has 74 valence electrons. The van der Waals surface area contributed by atoms with Crippen LogP contribution in [0.3, 0.4) is 0 Å². The topological polar surface area (TPSA) is 99.3 Å². The van der Waals surface area contributed by atoms with E-state index in [1.165, 1.54) is 17.0 Å². The number of carbonyl (C=O) groups excluding carboxylic acids is 1. The van der Waals surface area contributed by atoms with Gasteiger partial charge in [-0.05, 0) is 13.0 Å². The number of anilines is 1. The monoisotopic (exact) mass is 193 g/mol. The number of hydrogen-bond donors (Lipinski definition) is 2. The molecule has 0 aliphatic rings. The van der Waals surface area contributed by atoms with Gasteiger partial charge in [-0.15, -0.1) is 0 Å². The molecule has 1 heterocycles. The summed E-state index contributed by atoms with van der Waals surface area (Å²) in [4.78, 5) is 14.9.